The van der Waals surface area contributed by atoms with Crippen LogP contribution in [0.5, 0.6) is 0 Å². The molecular formula is C15H18F3N3. The van der Waals surface area contributed by atoms with Gasteiger partial charge in [-0.05, 0) is 38.1 Å². The van der Waals surface area contributed by atoms with Crippen LogP contribution in [-0.4, -0.2) is 16.3 Å². The summed E-state index contributed by atoms with van der Waals surface area (Å²) in [6, 6.07) is 5.20. The molecule has 1 heterocycles. The van der Waals surface area contributed by atoms with Gasteiger partial charge in [0, 0.05) is 17.8 Å². The van der Waals surface area contributed by atoms with Crippen molar-refractivity contribution < 1.29 is 13.2 Å². The van der Waals surface area contributed by atoms with Crippen molar-refractivity contribution in [1.29, 1.82) is 0 Å². The van der Waals surface area contributed by atoms with Crippen molar-refractivity contribution in [1.82, 2.24) is 15.1 Å². The van der Waals surface area contributed by atoms with Crippen LogP contribution in [0.1, 0.15) is 30.2 Å². The molecule has 1 aromatic heterocycles. The summed E-state index contributed by atoms with van der Waals surface area (Å²) in [5.74, 6) is 0. The van der Waals surface area contributed by atoms with E-state index in [1.807, 2.05) is 6.92 Å². The van der Waals surface area contributed by atoms with E-state index in [1.54, 1.807) is 12.3 Å². The second-order valence-electron chi connectivity index (χ2n) is 4.89. The molecule has 0 spiro atoms. The lowest BCUT2D eigenvalue weighted by Crippen LogP contribution is -2.14. The van der Waals surface area contributed by atoms with Gasteiger partial charge in [0.2, 0.25) is 0 Å². The summed E-state index contributed by atoms with van der Waals surface area (Å²) in [5.41, 5.74) is 1.59. The molecule has 6 heteroatoms. The summed E-state index contributed by atoms with van der Waals surface area (Å²) in [7, 11) is 0. The predicted molar refractivity (Wildman–Crippen MR) is 75.3 cm³/mol. The molecule has 1 aromatic carbocycles. The maximum Gasteiger partial charge on any atom is 0.416 e. The summed E-state index contributed by atoms with van der Waals surface area (Å²) in [6.45, 7) is 5.49. The van der Waals surface area contributed by atoms with E-state index in [4.69, 9.17) is 0 Å². The molecule has 0 fully saturated rings. The lowest BCUT2D eigenvalue weighted by atomic mass is 10.2. The molecule has 0 aliphatic carbocycles. The minimum atomic E-state index is -4.34. The normalized spacial score (nSPS) is 11.9. The zero-order valence-corrected chi connectivity index (χ0v) is 12.0. The Hall–Kier alpha value is -1.82. The highest BCUT2D eigenvalue weighted by molar-refractivity contribution is 5.39. The van der Waals surface area contributed by atoms with Crippen molar-refractivity contribution in [3.8, 4) is 5.69 Å². The van der Waals surface area contributed by atoms with Crippen LogP contribution in [0.2, 0.25) is 0 Å². The van der Waals surface area contributed by atoms with Gasteiger partial charge in [-0.3, -0.25) is 0 Å². The standard InChI is InChI=1S/C15H18F3N3/c1-3-7-19-9-12-10-20-21(11(12)2)14-6-4-5-13(8-14)15(16,17)18/h4-6,8,10,19H,3,7,9H2,1-2H3. The van der Waals surface area contributed by atoms with E-state index in [1.165, 1.54) is 10.7 Å². The van der Waals surface area contributed by atoms with Crippen LogP contribution in [0.25, 0.3) is 5.69 Å². The molecule has 3 nitrogen and oxygen atoms in total. The van der Waals surface area contributed by atoms with E-state index in [9.17, 15) is 13.2 Å². The molecule has 0 saturated carbocycles. The van der Waals surface area contributed by atoms with Crippen molar-refractivity contribution in [3.63, 3.8) is 0 Å². The number of nitrogens with one attached hydrogen (secondary N) is 1. The Morgan fingerprint density at radius 2 is 2.05 bits per heavy atom. The zero-order valence-electron chi connectivity index (χ0n) is 12.0. The molecule has 2 rings (SSSR count). The molecule has 0 amide bonds. The van der Waals surface area contributed by atoms with Crippen LogP contribution in [0.4, 0.5) is 13.2 Å². The summed E-state index contributed by atoms with van der Waals surface area (Å²) in [5, 5.41) is 7.46. The average Bonchev–Trinajstić information content (AvgIpc) is 2.80. The molecule has 0 radical (unpaired) electrons. The highest BCUT2D eigenvalue weighted by Gasteiger charge is 2.30. The van der Waals surface area contributed by atoms with Crippen molar-refractivity contribution in [3.05, 3.63) is 47.3 Å². The fourth-order valence-corrected chi connectivity index (χ4v) is 2.09. The third-order valence-electron chi connectivity index (χ3n) is 3.27. The number of hydrogen-bond acceptors (Lipinski definition) is 2. The van der Waals surface area contributed by atoms with Gasteiger partial charge in [0.25, 0.3) is 0 Å². The minimum absolute atomic E-state index is 0.420. The van der Waals surface area contributed by atoms with Crippen molar-refractivity contribution in [2.24, 2.45) is 0 Å². The molecule has 0 saturated heterocycles. The van der Waals surface area contributed by atoms with Crippen LogP contribution in [0, 0.1) is 6.92 Å². The monoisotopic (exact) mass is 297 g/mol. The molecule has 0 aliphatic heterocycles. The number of aromatic nitrogens is 2. The Kier molecular flexibility index (Phi) is 4.67. The minimum Gasteiger partial charge on any atom is -0.313 e. The van der Waals surface area contributed by atoms with E-state index in [2.05, 4.69) is 17.3 Å². The third-order valence-corrected chi connectivity index (χ3v) is 3.27. The first-order valence-electron chi connectivity index (χ1n) is 6.85. The number of nitrogens with zero attached hydrogens (tertiary/aromatic N) is 2. The van der Waals surface area contributed by atoms with Crippen LogP contribution in [0.3, 0.4) is 0 Å². The second kappa shape index (κ2) is 6.30. The smallest absolute Gasteiger partial charge is 0.313 e. The van der Waals surface area contributed by atoms with Gasteiger partial charge in [0.1, 0.15) is 0 Å². The van der Waals surface area contributed by atoms with Gasteiger partial charge < -0.3 is 5.32 Å². The fraction of sp³-hybridized carbons (Fsp3) is 0.400. The number of hydrogen-bond donors (Lipinski definition) is 1. The van der Waals surface area contributed by atoms with Gasteiger partial charge in [0.15, 0.2) is 0 Å². The number of benzene rings is 1. The largest absolute Gasteiger partial charge is 0.416 e. The molecule has 114 valence electrons. The summed E-state index contributed by atoms with van der Waals surface area (Å²) in [6.07, 6.45) is -1.62. The number of rotatable bonds is 5. The van der Waals surface area contributed by atoms with Crippen LogP contribution in [-0.2, 0) is 12.7 Å². The molecule has 21 heavy (non-hydrogen) atoms. The number of alkyl halides is 3. The fourth-order valence-electron chi connectivity index (χ4n) is 2.09. The van der Waals surface area contributed by atoms with Crippen LogP contribution in [0.15, 0.2) is 30.5 Å². The summed E-state index contributed by atoms with van der Waals surface area (Å²) >= 11 is 0. The molecular weight excluding hydrogens is 279 g/mol. The van der Waals surface area contributed by atoms with E-state index < -0.39 is 11.7 Å². The van der Waals surface area contributed by atoms with E-state index in [-0.39, 0.29) is 0 Å². The van der Waals surface area contributed by atoms with Crippen LogP contribution >= 0.6 is 0 Å². The molecule has 0 atom stereocenters. The highest BCUT2D eigenvalue weighted by Crippen LogP contribution is 2.30. The van der Waals surface area contributed by atoms with Crippen molar-refractivity contribution in [2.45, 2.75) is 33.0 Å². The SMILES string of the molecule is CCCNCc1cnn(-c2cccc(C(F)(F)F)c2)c1C. The van der Waals surface area contributed by atoms with Gasteiger partial charge in [-0.15, -0.1) is 0 Å². The van der Waals surface area contributed by atoms with E-state index >= 15 is 0 Å². The Morgan fingerprint density at radius 3 is 2.71 bits per heavy atom. The van der Waals surface area contributed by atoms with Crippen molar-refractivity contribution >= 4 is 0 Å². The molecule has 0 aliphatic rings. The molecule has 0 bridgehead atoms. The maximum absolute atomic E-state index is 12.8. The summed E-state index contributed by atoms with van der Waals surface area (Å²) < 4.78 is 39.8. The topological polar surface area (TPSA) is 29.9 Å². The lowest BCUT2D eigenvalue weighted by Gasteiger charge is -2.10. The molecule has 1 N–H and O–H groups in total. The Morgan fingerprint density at radius 1 is 1.29 bits per heavy atom. The van der Waals surface area contributed by atoms with E-state index in [0.29, 0.717) is 12.2 Å². The first-order valence-corrected chi connectivity index (χ1v) is 6.85. The first-order chi connectivity index (χ1) is 9.93. The zero-order chi connectivity index (χ0) is 15.5. The van der Waals surface area contributed by atoms with Gasteiger partial charge in [0.05, 0.1) is 17.4 Å². The first kappa shape index (κ1) is 15.6. The average molecular weight is 297 g/mol. The Bertz CT molecular complexity index is 602. The van der Waals surface area contributed by atoms with Gasteiger partial charge in [-0.2, -0.15) is 18.3 Å². The third kappa shape index (κ3) is 3.64. The van der Waals surface area contributed by atoms with E-state index in [0.717, 1.165) is 36.4 Å². The highest BCUT2D eigenvalue weighted by atomic mass is 19.4. The van der Waals surface area contributed by atoms with Gasteiger partial charge in [-0.25, -0.2) is 4.68 Å². The van der Waals surface area contributed by atoms with Gasteiger partial charge in [-0.1, -0.05) is 13.0 Å². The lowest BCUT2D eigenvalue weighted by molar-refractivity contribution is -0.137. The Balaban J connectivity index is 2.26. The maximum atomic E-state index is 12.8. The van der Waals surface area contributed by atoms with Gasteiger partial charge >= 0.3 is 6.18 Å². The second-order valence-corrected chi connectivity index (χ2v) is 4.89. The number of halogens is 3. The quantitative estimate of drug-likeness (QED) is 0.853. The predicted octanol–water partition coefficient (Wildman–Crippen LogP) is 3.70. The molecule has 0 unspecified atom stereocenters. The summed E-state index contributed by atoms with van der Waals surface area (Å²) in [4.78, 5) is 0. The van der Waals surface area contributed by atoms with Crippen molar-refractivity contribution in [2.75, 3.05) is 6.54 Å². The Labute approximate surface area is 121 Å². The van der Waals surface area contributed by atoms with Crippen LogP contribution < -0.4 is 5.32 Å². The molecule has 2 aromatic rings.